The molecule has 94 valence electrons. The van der Waals surface area contributed by atoms with Crippen molar-refractivity contribution < 1.29 is 4.79 Å². The number of hydrogen-bond donors (Lipinski definition) is 3. The van der Waals surface area contributed by atoms with Gasteiger partial charge in [-0.25, -0.2) is 4.98 Å². The van der Waals surface area contributed by atoms with Crippen LogP contribution in [0.4, 0.5) is 0 Å². The second-order valence-corrected chi connectivity index (χ2v) is 5.17. The first kappa shape index (κ1) is 12.1. The molecule has 1 amide bonds. The minimum atomic E-state index is -0.347. The molecule has 1 heterocycles. The maximum Gasteiger partial charge on any atom is 0.228 e. The van der Waals surface area contributed by atoms with Crippen molar-refractivity contribution in [1.29, 1.82) is 0 Å². The van der Waals surface area contributed by atoms with Crippen LogP contribution in [0.5, 0.6) is 0 Å². The van der Waals surface area contributed by atoms with E-state index in [0.29, 0.717) is 12.5 Å². The Morgan fingerprint density at radius 2 is 2.47 bits per heavy atom. The summed E-state index contributed by atoms with van der Waals surface area (Å²) in [5.41, 5.74) is 5.40. The van der Waals surface area contributed by atoms with Crippen LogP contribution in [0, 0.1) is 11.3 Å². The number of aromatic nitrogens is 2. The molecule has 5 heteroatoms. The summed E-state index contributed by atoms with van der Waals surface area (Å²) >= 11 is 0. The summed E-state index contributed by atoms with van der Waals surface area (Å²) in [6, 6.07) is -0.100. The summed E-state index contributed by atoms with van der Waals surface area (Å²) in [4.78, 5) is 19.3. The molecule has 1 atom stereocenters. The second-order valence-electron chi connectivity index (χ2n) is 5.17. The number of rotatable bonds is 4. The van der Waals surface area contributed by atoms with Gasteiger partial charge in [0.15, 0.2) is 0 Å². The number of hydrogen-bond acceptors (Lipinski definition) is 3. The van der Waals surface area contributed by atoms with E-state index in [1.807, 2.05) is 6.92 Å². The smallest absolute Gasteiger partial charge is 0.228 e. The first-order chi connectivity index (χ1) is 8.07. The Labute approximate surface area is 101 Å². The molecule has 17 heavy (non-hydrogen) atoms. The zero-order valence-corrected chi connectivity index (χ0v) is 10.4. The lowest BCUT2D eigenvalue weighted by Crippen LogP contribution is -2.53. The molecule has 1 aliphatic rings. The fourth-order valence-corrected chi connectivity index (χ4v) is 2.65. The van der Waals surface area contributed by atoms with Crippen LogP contribution >= 0.6 is 0 Å². The molecule has 0 saturated heterocycles. The predicted molar refractivity (Wildman–Crippen MR) is 65.0 cm³/mol. The Balaban J connectivity index is 1.97. The zero-order chi connectivity index (χ0) is 12.5. The SMILES string of the molecule is CC1CC(CN)(C(=O)NC(C)c2ncc[nH]2)C1. The molecule has 1 aliphatic carbocycles. The van der Waals surface area contributed by atoms with Crippen LogP contribution in [0.1, 0.15) is 38.6 Å². The van der Waals surface area contributed by atoms with Crippen molar-refractivity contribution in [3.63, 3.8) is 0 Å². The average Bonchev–Trinajstić information content (AvgIpc) is 2.77. The Morgan fingerprint density at radius 1 is 1.76 bits per heavy atom. The number of imidazole rings is 1. The van der Waals surface area contributed by atoms with Crippen LogP contribution in [0.25, 0.3) is 0 Å². The van der Waals surface area contributed by atoms with Gasteiger partial charge in [0.25, 0.3) is 0 Å². The largest absolute Gasteiger partial charge is 0.347 e. The van der Waals surface area contributed by atoms with Gasteiger partial charge in [-0.3, -0.25) is 4.79 Å². The normalized spacial score (nSPS) is 29.5. The van der Waals surface area contributed by atoms with Crippen molar-refractivity contribution >= 4 is 5.91 Å². The molecule has 0 radical (unpaired) electrons. The van der Waals surface area contributed by atoms with Gasteiger partial charge in [-0.15, -0.1) is 0 Å². The molecule has 5 nitrogen and oxygen atoms in total. The van der Waals surface area contributed by atoms with Crippen molar-refractivity contribution in [2.24, 2.45) is 17.1 Å². The maximum absolute atomic E-state index is 12.2. The van der Waals surface area contributed by atoms with Crippen molar-refractivity contribution in [2.45, 2.75) is 32.7 Å². The third kappa shape index (κ3) is 2.20. The van der Waals surface area contributed by atoms with Crippen LogP contribution < -0.4 is 11.1 Å². The number of carbonyl (C=O) groups is 1. The van der Waals surface area contributed by atoms with Crippen molar-refractivity contribution in [3.8, 4) is 0 Å². The van der Waals surface area contributed by atoms with Crippen molar-refractivity contribution in [2.75, 3.05) is 6.54 Å². The molecule has 1 unspecified atom stereocenters. The highest BCUT2D eigenvalue weighted by molar-refractivity contribution is 5.84. The Hall–Kier alpha value is -1.36. The highest BCUT2D eigenvalue weighted by atomic mass is 16.2. The number of aromatic amines is 1. The summed E-state index contributed by atoms with van der Waals surface area (Å²) in [6.07, 6.45) is 5.21. The summed E-state index contributed by atoms with van der Waals surface area (Å²) in [7, 11) is 0. The monoisotopic (exact) mass is 236 g/mol. The van der Waals surface area contributed by atoms with Crippen LogP contribution in [0.2, 0.25) is 0 Å². The van der Waals surface area contributed by atoms with Gasteiger partial charge in [0.05, 0.1) is 11.5 Å². The van der Waals surface area contributed by atoms with Gasteiger partial charge in [0, 0.05) is 18.9 Å². The Bertz CT molecular complexity index is 381. The lowest BCUT2D eigenvalue weighted by atomic mass is 9.62. The van der Waals surface area contributed by atoms with Gasteiger partial charge in [-0.2, -0.15) is 0 Å². The predicted octanol–water partition coefficient (Wildman–Crippen LogP) is 0.962. The summed E-state index contributed by atoms with van der Waals surface area (Å²) in [5.74, 6) is 1.43. The lowest BCUT2D eigenvalue weighted by molar-refractivity contribution is -0.138. The van der Waals surface area contributed by atoms with Gasteiger partial charge in [-0.05, 0) is 25.7 Å². The molecule has 0 bridgehead atoms. The zero-order valence-electron chi connectivity index (χ0n) is 10.4. The van der Waals surface area contributed by atoms with E-state index in [0.717, 1.165) is 18.7 Å². The van der Waals surface area contributed by atoms with Crippen molar-refractivity contribution in [1.82, 2.24) is 15.3 Å². The van der Waals surface area contributed by atoms with E-state index in [2.05, 4.69) is 22.2 Å². The standard InChI is InChI=1S/C12H20N4O/c1-8-5-12(6-8,7-13)11(17)16-9(2)10-14-3-4-15-10/h3-4,8-9H,5-7,13H2,1-2H3,(H,14,15)(H,16,17). The number of nitrogens with zero attached hydrogens (tertiary/aromatic N) is 1. The third-order valence-corrected chi connectivity index (χ3v) is 3.63. The fourth-order valence-electron chi connectivity index (χ4n) is 2.65. The molecular weight excluding hydrogens is 216 g/mol. The molecule has 1 fully saturated rings. The summed E-state index contributed by atoms with van der Waals surface area (Å²) in [5, 5.41) is 2.98. The number of nitrogens with two attached hydrogens (primary N) is 1. The van der Waals surface area contributed by atoms with E-state index in [-0.39, 0.29) is 17.4 Å². The highest BCUT2D eigenvalue weighted by Gasteiger charge is 2.47. The highest BCUT2D eigenvalue weighted by Crippen LogP contribution is 2.45. The van der Waals surface area contributed by atoms with E-state index in [4.69, 9.17) is 5.73 Å². The van der Waals surface area contributed by atoms with E-state index in [9.17, 15) is 4.79 Å². The molecule has 1 aromatic rings. The molecule has 0 spiro atoms. The number of carbonyl (C=O) groups excluding carboxylic acids is 1. The topological polar surface area (TPSA) is 83.8 Å². The van der Waals surface area contributed by atoms with Crippen LogP contribution in [0.15, 0.2) is 12.4 Å². The summed E-state index contributed by atoms with van der Waals surface area (Å²) in [6.45, 7) is 4.49. The Morgan fingerprint density at radius 3 is 2.94 bits per heavy atom. The number of H-pyrrole nitrogens is 1. The molecule has 4 N–H and O–H groups in total. The summed E-state index contributed by atoms with van der Waals surface area (Å²) < 4.78 is 0. The fraction of sp³-hybridized carbons (Fsp3) is 0.667. The van der Waals surface area contributed by atoms with Crippen LogP contribution in [-0.4, -0.2) is 22.4 Å². The van der Waals surface area contributed by atoms with Gasteiger partial charge in [0.1, 0.15) is 5.82 Å². The molecular formula is C12H20N4O. The first-order valence-electron chi connectivity index (χ1n) is 6.08. The number of amides is 1. The van der Waals surface area contributed by atoms with E-state index in [1.54, 1.807) is 12.4 Å². The first-order valence-corrected chi connectivity index (χ1v) is 6.08. The maximum atomic E-state index is 12.2. The molecule has 1 saturated carbocycles. The molecule has 0 aliphatic heterocycles. The van der Waals surface area contributed by atoms with E-state index >= 15 is 0 Å². The van der Waals surface area contributed by atoms with Crippen LogP contribution in [0.3, 0.4) is 0 Å². The lowest BCUT2D eigenvalue weighted by Gasteiger charge is -2.44. The minimum absolute atomic E-state index is 0.0574. The molecule has 1 aromatic heterocycles. The van der Waals surface area contributed by atoms with Gasteiger partial charge in [0.2, 0.25) is 5.91 Å². The quantitative estimate of drug-likeness (QED) is 0.728. The molecule has 0 aromatic carbocycles. The van der Waals surface area contributed by atoms with E-state index in [1.165, 1.54) is 0 Å². The minimum Gasteiger partial charge on any atom is -0.347 e. The second kappa shape index (κ2) is 4.49. The van der Waals surface area contributed by atoms with Gasteiger partial charge >= 0.3 is 0 Å². The third-order valence-electron chi connectivity index (χ3n) is 3.63. The van der Waals surface area contributed by atoms with E-state index < -0.39 is 0 Å². The number of nitrogens with one attached hydrogen (secondary N) is 2. The average molecular weight is 236 g/mol. The van der Waals surface area contributed by atoms with Gasteiger partial charge < -0.3 is 16.0 Å². The molecule has 2 rings (SSSR count). The van der Waals surface area contributed by atoms with Crippen molar-refractivity contribution in [3.05, 3.63) is 18.2 Å². The van der Waals surface area contributed by atoms with Crippen LogP contribution in [-0.2, 0) is 4.79 Å². The van der Waals surface area contributed by atoms with Gasteiger partial charge in [-0.1, -0.05) is 6.92 Å². The Kier molecular flexibility index (Phi) is 3.19.